The molecule has 264 valence electrons. The van der Waals surface area contributed by atoms with E-state index in [0.717, 1.165) is 43.4 Å². The summed E-state index contributed by atoms with van der Waals surface area (Å²) in [5.74, 6) is 0.296. The zero-order chi connectivity index (χ0) is 34.8. The summed E-state index contributed by atoms with van der Waals surface area (Å²) in [7, 11) is 0.643. The Kier molecular flexibility index (Phi) is 9.71. The average Bonchev–Trinajstić information content (AvgIpc) is 3.55. The van der Waals surface area contributed by atoms with Gasteiger partial charge in [0.25, 0.3) is 5.91 Å². The maximum atomic E-state index is 14.6. The second-order valence-electron chi connectivity index (χ2n) is 17.0. The van der Waals surface area contributed by atoms with Crippen LogP contribution in [0.2, 0.25) is 0 Å². The highest BCUT2D eigenvalue weighted by molar-refractivity contribution is 7.92. The fraction of sp³-hybridized carbons (Fsp3) is 0.692. The highest BCUT2D eigenvalue weighted by Gasteiger charge is 2.68. The van der Waals surface area contributed by atoms with E-state index in [4.69, 9.17) is 4.28 Å². The number of nitrogens with zero attached hydrogens (tertiary/aromatic N) is 3. The van der Waals surface area contributed by atoms with Gasteiger partial charge in [0.15, 0.2) is 0 Å². The van der Waals surface area contributed by atoms with Gasteiger partial charge in [-0.1, -0.05) is 82.7 Å². The summed E-state index contributed by atoms with van der Waals surface area (Å²) in [4.78, 5) is 29.3. The summed E-state index contributed by atoms with van der Waals surface area (Å²) in [5.41, 5.74) is 1.81. The van der Waals surface area contributed by atoms with Gasteiger partial charge >= 0.3 is 0 Å². The van der Waals surface area contributed by atoms with Crippen molar-refractivity contribution >= 4 is 35.0 Å². The van der Waals surface area contributed by atoms with Crippen LogP contribution in [0.15, 0.2) is 54.6 Å². The molecule has 1 aromatic rings. The Morgan fingerprint density at radius 3 is 2.31 bits per heavy atom. The second kappa shape index (κ2) is 13.0. The molecular weight excluding hydrogens is 639 g/mol. The van der Waals surface area contributed by atoms with Crippen LogP contribution in [-0.2, 0) is 31.3 Å². The zero-order valence-electron chi connectivity index (χ0n) is 30.4. The van der Waals surface area contributed by atoms with Crippen molar-refractivity contribution in [3.63, 3.8) is 0 Å². The first-order chi connectivity index (χ1) is 22.6. The van der Waals surface area contributed by atoms with Crippen LogP contribution in [0.5, 0.6) is 0 Å². The van der Waals surface area contributed by atoms with E-state index >= 15 is 0 Å². The van der Waals surface area contributed by atoms with Gasteiger partial charge in [0.05, 0.1) is 23.6 Å². The molecule has 2 heterocycles. The number of hydrogen-bond donors (Lipinski definition) is 0. The van der Waals surface area contributed by atoms with Gasteiger partial charge < -0.3 is 0 Å². The fourth-order valence-electron chi connectivity index (χ4n) is 10.6. The maximum absolute atomic E-state index is 14.6. The van der Waals surface area contributed by atoms with Gasteiger partial charge in [-0.25, -0.2) is 13.6 Å². The number of carbonyl (C=O) groups excluding carboxylic acids is 2. The molecule has 0 N–H and O–H groups in total. The monoisotopic (exact) mass is 695 g/mol. The van der Waals surface area contributed by atoms with Crippen LogP contribution in [0.4, 0.5) is 0 Å². The first-order valence-electron chi connectivity index (χ1n) is 18.0. The standard InChI is InChI=1S/C39H57N3O4S2/c1-26(2)21-30(34(43)41-33-23-32-18-20-38(33,37(32,7)8)24-40(9)47-46-41)15-16-31(22-29-13-11-10-12-14-29)35(44)42-28(4)39(25-48(42)45)19-17-27(3)36(39,5)6/h10-16,27-28,30-33H,1,17-25H2,2-9H3/b16-15+. The lowest BCUT2D eigenvalue weighted by molar-refractivity contribution is -0.174. The van der Waals surface area contributed by atoms with Crippen LogP contribution >= 0.6 is 12.2 Å². The minimum atomic E-state index is -1.41. The van der Waals surface area contributed by atoms with Gasteiger partial charge in [0.2, 0.25) is 5.91 Å². The van der Waals surface area contributed by atoms with E-state index in [9.17, 15) is 13.8 Å². The molecule has 0 aromatic heterocycles. The van der Waals surface area contributed by atoms with Crippen molar-refractivity contribution < 1.29 is 18.1 Å². The summed E-state index contributed by atoms with van der Waals surface area (Å²) in [6.45, 7) is 20.8. The van der Waals surface area contributed by atoms with Gasteiger partial charge in [-0.15, -0.1) is 6.58 Å². The topological polar surface area (TPSA) is 70.2 Å². The van der Waals surface area contributed by atoms with Crippen LogP contribution in [-0.4, -0.2) is 61.1 Å². The molecule has 3 aliphatic carbocycles. The number of benzene rings is 1. The van der Waals surface area contributed by atoms with Crippen LogP contribution < -0.4 is 0 Å². The Bertz CT molecular complexity index is 1480. The number of hydroxylamine groups is 2. The normalized spacial score (nSPS) is 36.8. The number of carbonyl (C=O) groups is 2. The molecule has 9 unspecified atom stereocenters. The van der Waals surface area contributed by atoms with Crippen molar-refractivity contribution in [2.45, 2.75) is 105 Å². The third-order valence-electron chi connectivity index (χ3n) is 14.2. The largest absolute Gasteiger partial charge is 0.273 e. The molecule has 5 fully saturated rings. The van der Waals surface area contributed by atoms with Crippen LogP contribution in [0.3, 0.4) is 0 Å². The van der Waals surface area contributed by atoms with Crippen molar-refractivity contribution in [3.8, 4) is 0 Å². The first kappa shape index (κ1) is 35.9. The Morgan fingerprint density at radius 1 is 1.02 bits per heavy atom. The summed E-state index contributed by atoms with van der Waals surface area (Å²) < 4.78 is 24.0. The van der Waals surface area contributed by atoms with E-state index in [1.165, 1.54) is 18.6 Å². The van der Waals surface area contributed by atoms with Crippen molar-refractivity contribution in [2.75, 3.05) is 19.3 Å². The summed E-state index contributed by atoms with van der Waals surface area (Å²) in [6, 6.07) is 9.88. The first-order valence-corrected chi connectivity index (χ1v) is 20.0. The highest BCUT2D eigenvalue weighted by Crippen LogP contribution is 2.68. The lowest BCUT2D eigenvalue weighted by Gasteiger charge is -2.44. The second-order valence-corrected chi connectivity index (χ2v) is 19.3. The SMILES string of the molecule is C=C(C)CC(/C=C/C(Cc1ccccc1)C(=O)N1C(C)C2(CCC(C)C2(C)C)CS1=O)C(=O)N1OSN(C)CC23CCC(CC12)C3(C)C. The van der Waals surface area contributed by atoms with Crippen molar-refractivity contribution in [2.24, 2.45) is 45.3 Å². The van der Waals surface area contributed by atoms with Crippen LogP contribution in [0, 0.1) is 45.3 Å². The number of fused-ring (bicyclic) bond motifs is 1. The Labute approximate surface area is 296 Å². The Morgan fingerprint density at radius 2 is 1.69 bits per heavy atom. The highest BCUT2D eigenvalue weighted by atomic mass is 32.2. The lowest BCUT2D eigenvalue weighted by Crippen LogP contribution is -2.53. The van der Waals surface area contributed by atoms with Crippen molar-refractivity contribution in [1.29, 1.82) is 0 Å². The van der Waals surface area contributed by atoms with Crippen molar-refractivity contribution in [1.82, 2.24) is 13.7 Å². The van der Waals surface area contributed by atoms with Crippen LogP contribution in [0.25, 0.3) is 0 Å². The summed E-state index contributed by atoms with van der Waals surface area (Å²) >= 11 is 1.26. The Hall–Kier alpha value is -1.94. The predicted octanol–water partition coefficient (Wildman–Crippen LogP) is 7.78. The number of allylic oxidation sites excluding steroid dienone is 1. The molecule has 0 radical (unpaired) electrons. The molecule has 6 rings (SSSR count). The molecule has 48 heavy (non-hydrogen) atoms. The molecule has 1 aromatic carbocycles. The van der Waals surface area contributed by atoms with E-state index in [1.54, 1.807) is 9.37 Å². The molecule has 9 atom stereocenters. The molecule has 5 aliphatic rings. The predicted molar refractivity (Wildman–Crippen MR) is 195 cm³/mol. The molecule has 7 nitrogen and oxygen atoms in total. The van der Waals surface area contributed by atoms with E-state index < -0.39 is 22.8 Å². The molecule has 2 amide bonds. The quantitative estimate of drug-likeness (QED) is 0.157. The molecule has 2 saturated heterocycles. The lowest BCUT2D eigenvalue weighted by atomic mass is 9.62. The minimum Gasteiger partial charge on any atom is -0.273 e. The molecule has 2 aliphatic heterocycles. The summed E-state index contributed by atoms with van der Waals surface area (Å²) in [5, 5.41) is 1.70. The molecule has 9 heteroatoms. The van der Waals surface area contributed by atoms with Gasteiger partial charge in [-0.05, 0) is 94.1 Å². The van der Waals surface area contributed by atoms with Gasteiger partial charge in [0.1, 0.15) is 23.2 Å². The van der Waals surface area contributed by atoms with Gasteiger partial charge in [0, 0.05) is 23.4 Å². The molecular formula is C39H57N3O4S2. The van der Waals surface area contributed by atoms with E-state index in [1.807, 2.05) is 49.4 Å². The number of hydrogen-bond acceptors (Lipinski definition) is 6. The Balaban J connectivity index is 1.31. The maximum Gasteiger partial charge on any atom is 0.254 e. The zero-order valence-corrected chi connectivity index (χ0v) is 32.0. The van der Waals surface area contributed by atoms with E-state index in [0.29, 0.717) is 30.4 Å². The average molecular weight is 696 g/mol. The number of rotatable bonds is 8. The van der Waals surface area contributed by atoms with Gasteiger partial charge in [-0.3, -0.25) is 13.9 Å². The molecule has 2 spiro atoms. The molecule has 2 bridgehead atoms. The van der Waals surface area contributed by atoms with E-state index in [-0.39, 0.29) is 45.6 Å². The smallest absolute Gasteiger partial charge is 0.254 e. The fourth-order valence-corrected chi connectivity index (χ4v) is 13.4. The van der Waals surface area contributed by atoms with Gasteiger partial charge in [-0.2, -0.15) is 4.28 Å². The number of amides is 2. The van der Waals surface area contributed by atoms with Crippen LogP contribution in [0.1, 0.15) is 92.6 Å². The minimum absolute atomic E-state index is 0.000173. The molecule has 3 saturated carbocycles. The van der Waals surface area contributed by atoms with Crippen molar-refractivity contribution in [3.05, 3.63) is 60.2 Å². The third-order valence-corrected chi connectivity index (χ3v) is 16.5. The third kappa shape index (κ3) is 5.67. The summed E-state index contributed by atoms with van der Waals surface area (Å²) in [6.07, 6.45) is 10.1. The van der Waals surface area contributed by atoms with E-state index in [2.05, 4.69) is 59.5 Å².